The summed E-state index contributed by atoms with van der Waals surface area (Å²) in [6.07, 6.45) is 2.48. The first-order valence-corrected chi connectivity index (χ1v) is 10.6. The van der Waals surface area contributed by atoms with Gasteiger partial charge in [-0.05, 0) is 65.9 Å². The fraction of sp³-hybridized carbons (Fsp3) is 0.348. The number of carbonyl (C=O) groups is 1. The van der Waals surface area contributed by atoms with Crippen LogP contribution in [0.1, 0.15) is 42.5 Å². The van der Waals surface area contributed by atoms with E-state index in [1.54, 1.807) is 11.3 Å². The molecule has 0 radical (unpaired) electrons. The first kappa shape index (κ1) is 18.2. The first-order valence-electron chi connectivity index (χ1n) is 9.69. The summed E-state index contributed by atoms with van der Waals surface area (Å²) in [7, 11) is 0. The van der Waals surface area contributed by atoms with Crippen molar-refractivity contribution >= 4 is 27.4 Å². The van der Waals surface area contributed by atoms with Gasteiger partial charge in [0.2, 0.25) is 0 Å². The van der Waals surface area contributed by atoms with Crippen molar-refractivity contribution in [2.45, 2.75) is 32.2 Å². The van der Waals surface area contributed by atoms with Gasteiger partial charge in [0.15, 0.2) is 0 Å². The van der Waals surface area contributed by atoms with E-state index in [1.807, 2.05) is 0 Å². The van der Waals surface area contributed by atoms with Crippen LogP contribution in [0.5, 0.6) is 0 Å². The van der Waals surface area contributed by atoms with E-state index in [0.29, 0.717) is 0 Å². The van der Waals surface area contributed by atoms with Crippen LogP contribution in [-0.2, 0) is 11.2 Å². The number of carboxylic acids is 1. The molecule has 1 unspecified atom stereocenters. The fourth-order valence-corrected chi connectivity index (χ4v) is 5.12. The molecule has 0 saturated carbocycles. The number of nitrogens with zero attached hydrogens (tertiary/aromatic N) is 1. The molecule has 0 amide bonds. The van der Waals surface area contributed by atoms with Gasteiger partial charge < -0.3 is 5.11 Å². The standard InChI is InChI=1S/C23H25NO2S/c1-2-16-7-9-17(10-8-16)22(24-13-11-18(12-14-24)23(25)26)20-15-27-21-6-4-3-5-19(20)21/h3-10,15,18,22H,2,11-14H2,1H3,(H,25,26). The molecule has 3 nitrogen and oxygen atoms in total. The molecule has 3 aromatic rings. The monoisotopic (exact) mass is 379 g/mol. The molecule has 4 rings (SSSR count). The third kappa shape index (κ3) is 3.64. The number of hydrogen-bond acceptors (Lipinski definition) is 3. The van der Waals surface area contributed by atoms with E-state index in [0.717, 1.165) is 32.4 Å². The number of aliphatic carboxylic acids is 1. The Morgan fingerprint density at radius 3 is 2.52 bits per heavy atom. The minimum absolute atomic E-state index is 0.182. The topological polar surface area (TPSA) is 40.5 Å². The van der Waals surface area contributed by atoms with Crippen LogP contribution in [0, 0.1) is 5.92 Å². The number of benzene rings is 2. The van der Waals surface area contributed by atoms with E-state index in [9.17, 15) is 9.90 Å². The summed E-state index contributed by atoms with van der Waals surface area (Å²) in [5.74, 6) is -0.858. The Morgan fingerprint density at radius 1 is 1.15 bits per heavy atom. The summed E-state index contributed by atoms with van der Waals surface area (Å²) in [6.45, 7) is 3.82. The van der Waals surface area contributed by atoms with Crippen LogP contribution < -0.4 is 0 Å². The highest BCUT2D eigenvalue weighted by Gasteiger charge is 2.31. The first-order chi connectivity index (χ1) is 13.2. The van der Waals surface area contributed by atoms with Gasteiger partial charge in [0, 0.05) is 4.70 Å². The smallest absolute Gasteiger partial charge is 0.306 e. The molecule has 0 aliphatic carbocycles. The summed E-state index contributed by atoms with van der Waals surface area (Å²) < 4.78 is 1.31. The van der Waals surface area contributed by atoms with Crippen molar-refractivity contribution in [3.05, 3.63) is 70.6 Å². The molecule has 1 aromatic heterocycles. The van der Waals surface area contributed by atoms with Crippen molar-refractivity contribution in [3.8, 4) is 0 Å². The zero-order chi connectivity index (χ0) is 18.8. The number of aryl methyl sites for hydroxylation is 1. The second kappa shape index (κ2) is 7.83. The van der Waals surface area contributed by atoms with Gasteiger partial charge in [-0.3, -0.25) is 9.69 Å². The summed E-state index contributed by atoms with van der Waals surface area (Å²) in [5.41, 5.74) is 3.98. The molecule has 1 saturated heterocycles. The van der Waals surface area contributed by atoms with Gasteiger partial charge in [0.05, 0.1) is 12.0 Å². The zero-order valence-corrected chi connectivity index (χ0v) is 16.4. The third-order valence-electron chi connectivity index (χ3n) is 5.75. The van der Waals surface area contributed by atoms with Crippen molar-refractivity contribution in [1.82, 2.24) is 4.90 Å². The van der Waals surface area contributed by atoms with E-state index < -0.39 is 5.97 Å². The van der Waals surface area contributed by atoms with Gasteiger partial charge in [0.25, 0.3) is 0 Å². The normalized spacial score (nSPS) is 17.2. The highest BCUT2D eigenvalue weighted by atomic mass is 32.1. The third-order valence-corrected chi connectivity index (χ3v) is 6.73. The molecule has 1 aliphatic heterocycles. The molecular weight excluding hydrogens is 354 g/mol. The highest BCUT2D eigenvalue weighted by molar-refractivity contribution is 7.17. The quantitative estimate of drug-likeness (QED) is 0.650. The average molecular weight is 380 g/mol. The number of carboxylic acid groups (broad SMARTS) is 1. The lowest BCUT2D eigenvalue weighted by Gasteiger charge is -2.37. The van der Waals surface area contributed by atoms with E-state index in [4.69, 9.17) is 0 Å². The second-order valence-corrected chi connectivity index (χ2v) is 8.24. The van der Waals surface area contributed by atoms with Crippen LogP contribution in [-0.4, -0.2) is 29.1 Å². The Labute approximate surface area is 164 Å². The van der Waals surface area contributed by atoms with E-state index in [1.165, 1.54) is 26.8 Å². The van der Waals surface area contributed by atoms with Crippen molar-refractivity contribution in [1.29, 1.82) is 0 Å². The zero-order valence-electron chi connectivity index (χ0n) is 15.6. The number of hydrogen-bond donors (Lipinski definition) is 1. The van der Waals surface area contributed by atoms with Crippen molar-refractivity contribution in [2.24, 2.45) is 5.92 Å². The molecule has 1 N–H and O–H groups in total. The molecule has 4 heteroatoms. The van der Waals surface area contributed by atoms with Crippen molar-refractivity contribution in [3.63, 3.8) is 0 Å². The molecule has 27 heavy (non-hydrogen) atoms. The maximum Gasteiger partial charge on any atom is 0.306 e. The Kier molecular flexibility index (Phi) is 5.28. The van der Waals surface area contributed by atoms with Crippen LogP contribution in [0.3, 0.4) is 0 Å². The lowest BCUT2D eigenvalue weighted by Crippen LogP contribution is -2.39. The predicted octanol–water partition coefficient (Wildman–Crippen LogP) is 5.35. The van der Waals surface area contributed by atoms with Crippen LogP contribution in [0.15, 0.2) is 53.9 Å². The van der Waals surface area contributed by atoms with Gasteiger partial charge >= 0.3 is 5.97 Å². The van der Waals surface area contributed by atoms with Crippen LogP contribution in [0.25, 0.3) is 10.1 Å². The molecule has 0 bridgehead atoms. The van der Waals surface area contributed by atoms with E-state index in [-0.39, 0.29) is 12.0 Å². The number of rotatable bonds is 5. The average Bonchev–Trinajstić information content (AvgIpc) is 3.13. The van der Waals surface area contributed by atoms with E-state index in [2.05, 4.69) is 65.7 Å². The summed E-state index contributed by atoms with van der Waals surface area (Å²) in [6, 6.07) is 17.7. The maximum absolute atomic E-state index is 11.4. The number of thiophene rings is 1. The fourth-order valence-electron chi connectivity index (χ4n) is 4.14. The number of fused-ring (bicyclic) bond motifs is 1. The molecule has 2 aromatic carbocycles. The molecule has 1 atom stereocenters. The molecule has 1 fully saturated rings. The van der Waals surface area contributed by atoms with Gasteiger partial charge in [-0.1, -0.05) is 49.4 Å². The Balaban J connectivity index is 1.72. The van der Waals surface area contributed by atoms with Crippen LogP contribution in [0.2, 0.25) is 0 Å². The van der Waals surface area contributed by atoms with Crippen molar-refractivity contribution in [2.75, 3.05) is 13.1 Å². The van der Waals surface area contributed by atoms with Crippen LogP contribution in [0.4, 0.5) is 0 Å². The van der Waals surface area contributed by atoms with Gasteiger partial charge in [-0.2, -0.15) is 0 Å². The lowest BCUT2D eigenvalue weighted by atomic mass is 9.91. The Hall–Kier alpha value is -2.17. The van der Waals surface area contributed by atoms with Gasteiger partial charge in [-0.15, -0.1) is 11.3 Å². The molecule has 140 valence electrons. The van der Waals surface area contributed by atoms with Crippen molar-refractivity contribution < 1.29 is 9.90 Å². The number of piperidine rings is 1. The van der Waals surface area contributed by atoms with Gasteiger partial charge in [-0.25, -0.2) is 0 Å². The largest absolute Gasteiger partial charge is 0.481 e. The number of likely N-dealkylation sites (tertiary alicyclic amines) is 1. The predicted molar refractivity (Wildman–Crippen MR) is 111 cm³/mol. The molecular formula is C23H25NO2S. The summed E-state index contributed by atoms with van der Waals surface area (Å²) in [4.78, 5) is 13.8. The molecule has 1 aliphatic rings. The molecule has 2 heterocycles. The summed E-state index contributed by atoms with van der Waals surface area (Å²) >= 11 is 1.79. The Morgan fingerprint density at radius 2 is 1.85 bits per heavy atom. The highest BCUT2D eigenvalue weighted by Crippen LogP contribution is 2.39. The second-order valence-electron chi connectivity index (χ2n) is 7.33. The summed E-state index contributed by atoms with van der Waals surface area (Å²) in [5, 5.41) is 12.9. The minimum atomic E-state index is -0.653. The molecule has 0 spiro atoms. The van der Waals surface area contributed by atoms with E-state index >= 15 is 0 Å². The van der Waals surface area contributed by atoms with Crippen LogP contribution >= 0.6 is 11.3 Å². The Bertz CT molecular complexity index is 923. The maximum atomic E-state index is 11.4. The lowest BCUT2D eigenvalue weighted by molar-refractivity contribution is -0.143. The minimum Gasteiger partial charge on any atom is -0.481 e. The van der Waals surface area contributed by atoms with Gasteiger partial charge in [0.1, 0.15) is 0 Å². The SMILES string of the molecule is CCc1ccc(C(c2csc3ccccc23)N2CCC(C(=O)O)CC2)cc1.